The summed E-state index contributed by atoms with van der Waals surface area (Å²) < 4.78 is 23.1. The second kappa shape index (κ2) is 6.90. The van der Waals surface area contributed by atoms with Crippen molar-refractivity contribution in [1.82, 2.24) is 30.0 Å². The molecule has 4 heterocycles. The van der Waals surface area contributed by atoms with E-state index in [0.717, 1.165) is 0 Å². The summed E-state index contributed by atoms with van der Waals surface area (Å²) in [6.45, 7) is 1.95. The van der Waals surface area contributed by atoms with E-state index in [4.69, 9.17) is 18.7 Å². The summed E-state index contributed by atoms with van der Waals surface area (Å²) in [5.74, 6) is 2.41. The molecule has 27 heavy (non-hydrogen) atoms. The summed E-state index contributed by atoms with van der Waals surface area (Å²) in [7, 11) is 3.11. The SMILES string of the molecule is COc1cccnc1COc1nn2c(-c3cc(C)on3)nnc2cc1OC. The van der Waals surface area contributed by atoms with E-state index < -0.39 is 0 Å². The van der Waals surface area contributed by atoms with Gasteiger partial charge in [-0.05, 0) is 19.1 Å². The molecule has 0 radical (unpaired) electrons. The van der Waals surface area contributed by atoms with E-state index >= 15 is 0 Å². The van der Waals surface area contributed by atoms with Crippen LogP contribution in [0.25, 0.3) is 17.2 Å². The van der Waals surface area contributed by atoms with Crippen LogP contribution in [0.15, 0.2) is 35.0 Å². The lowest BCUT2D eigenvalue weighted by atomic mass is 10.3. The van der Waals surface area contributed by atoms with Crippen LogP contribution in [0.2, 0.25) is 0 Å². The van der Waals surface area contributed by atoms with Crippen molar-refractivity contribution in [1.29, 1.82) is 0 Å². The number of aryl methyl sites for hydroxylation is 1. The van der Waals surface area contributed by atoms with Crippen molar-refractivity contribution in [2.24, 2.45) is 0 Å². The molecule has 0 spiro atoms. The number of nitrogens with zero attached hydrogens (tertiary/aromatic N) is 6. The number of aromatic nitrogens is 6. The fourth-order valence-corrected chi connectivity index (χ4v) is 2.53. The first-order chi connectivity index (χ1) is 13.2. The Morgan fingerprint density at radius 3 is 2.70 bits per heavy atom. The molecule has 0 saturated heterocycles. The van der Waals surface area contributed by atoms with Crippen molar-refractivity contribution in [3.05, 3.63) is 41.9 Å². The van der Waals surface area contributed by atoms with Crippen molar-refractivity contribution < 1.29 is 18.7 Å². The van der Waals surface area contributed by atoms with Gasteiger partial charge in [0, 0.05) is 18.3 Å². The van der Waals surface area contributed by atoms with Crippen LogP contribution >= 0.6 is 0 Å². The van der Waals surface area contributed by atoms with Crippen molar-refractivity contribution in [2.75, 3.05) is 14.2 Å². The highest BCUT2D eigenvalue weighted by Gasteiger charge is 2.18. The quantitative estimate of drug-likeness (QED) is 0.505. The minimum Gasteiger partial charge on any atom is -0.495 e. The number of hydrogen-bond acceptors (Lipinski definition) is 9. The van der Waals surface area contributed by atoms with Gasteiger partial charge in [0.25, 0.3) is 5.88 Å². The molecule has 0 aromatic carbocycles. The highest BCUT2D eigenvalue weighted by molar-refractivity contribution is 5.56. The van der Waals surface area contributed by atoms with Crippen LogP contribution in [0, 0.1) is 6.92 Å². The Morgan fingerprint density at radius 2 is 1.96 bits per heavy atom. The van der Waals surface area contributed by atoms with Gasteiger partial charge in [0.15, 0.2) is 17.1 Å². The molecule has 0 unspecified atom stereocenters. The molecule has 0 aliphatic rings. The summed E-state index contributed by atoms with van der Waals surface area (Å²) in [6.07, 6.45) is 1.67. The predicted molar refractivity (Wildman–Crippen MR) is 92.7 cm³/mol. The van der Waals surface area contributed by atoms with Crippen LogP contribution in [0.3, 0.4) is 0 Å². The number of hydrogen-bond donors (Lipinski definition) is 0. The van der Waals surface area contributed by atoms with Gasteiger partial charge in [0.1, 0.15) is 23.8 Å². The van der Waals surface area contributed by atoms with Gasteiger partial charge in [-0.15, -0.1) is 15.3 Å². The van der Waals surface area contributed by atoms with Crippen LogP contribution < -0.4 is 14.2 Å². The zero-order valence-corrected chi connectivity index (χ0v) is 14.9. The maximum Gasteiger partial charge on any atom is 0.275 e. The summed E-state index contributed by atoms with van der Waals surface area (Å²) in [4.78, 5) is 4.27. The molecule has 4 rings (SSSR count). The van der Waals surface area contributed by atoms with E-state index in [9.17, 15) is 0 Å². The third-order valence-corrected chi connectivity index (χ3v) is 3.82. The van der Waals surface area contributed by atoms with Crippen LogP contribution in [-0.2, 0) is 6.61 Å². The molecule has 4 aromatic heterocycles. The predicted octanol–water partition coefficient (Wildman–Crippen LogP) is 2.08. The molecule has 0 N–H and O–H groups in total. The topological polar surface area (TPSA) is 110 Å². The Hall–Kier alpha value is -3.69. The monoisotopic (exact) mass is 368 g/mol. The normalized spacial score (nSPS) is 10.9. The average Bonchev–Trinajstić information content (AvgIpc) is 3.31. The molecule has 10 nitrogen and oxygen atoms in total. The average molecular weight is 368 g/mol. The van der Waals surface area contributed by atoms with Crippen molar-refractivity contribution in [3.63, 3.8) is 0 Å². The summed E-state index contributed by atoms with van der Waals surface area (Å²) in [5.41, 5.74) is 1.65. The fourth-order valence-electron chi connectivity index (χ4n) is 2.53. The van der Waals surface area contributed by atoms with E-state index in [2.05, 4.69) is 25.4 Å². The Bertz CT molecular complexity index is 1090. The van der Waals surface area contributed by atoms with Crippen molar-refractivity contribution in [3.8, 4) is 28.9 Å². The molecule has 0 bridgehead atoms. The third-order valence-electron chi connectivity index (χ3n) is 3.82. The van der Waals surface area contributed by atoms with E-state index in [1.807, 2.05) is 6.07 Å². The van der Waals surface area contributed by atoms with Crippen LogP contribution in [0.1, 0.15) is 11.5 Å². The number of ether oxygens (including phenoxy) is 3. The number of fused-ring (bicyclic) bond motifs is 1. The van der Waals surface area contributed by atoms with E-state index in [0.29, 0.717) is 40.1 Å². The lowest BCUT2D eigenvalue weighted by Gasteiger charge is -2.11. The maximum atomic E-state index is 5.83. The van der Waals surface area contributed by atoms with Crippen LogP contribution in [0.5, 0.6) is 17.4 Å². The van der Waals surface area contributed by atoms with Gasteiger partial charge in [-0.25, -0.2) is 0 Å². The van der Waals surface area contributed by atoms with Gasteiger partial charge in [0.05, 0.1) is 14.2 Å². The lowest BCUT2D eigenvalue weighted by molar-refractivity contribution is 0.258. The minimum atomic E-state index is 0.152. The fraction of sp³-hybridized carbons (Fsp3) is 0.235. The molecule has 4 aromatic rings. The Kier molecular flexibility index (Phi) is 4.29. The Morgan fingerprint density at radius 1 is 1.11 bits per heavy atom. The van der Waals surface area contributed by atoms with Gasteiger partial charge in [-0.2, -0.15) is 4.52 Å². The molecular formula is C17H16N6O4. The maximum absolute atomic E-state index is 5.83. The third kappa shape index (κ3) is 3.12. The summed E-state index contributed by atoms with van der Waals surface area (Å²) in [5, 5.41) is 16.6. The molecule has 0 amide bonds. The number of pyridine rings is 1. The van der Waals surface area contributed by atoms with Gasteiger partial charge in [0.2, 0.25) is 5.82 Å². The first-order valence-electron chi connectivity index (χ1n) is 8.04. The molecule has 0 fully saturated rings. The molecule has 0 aliphatic heterocycles. The van der Waals surface area contributed by atoms with Gasteiger partial charge in [-0.3, -0.25) is 4.98 Å². The highest BCUT2D eigenvalue weighted by Crippen LogP contribution is 2.28. The van der Waals surface area contributed by atoms with Gasteiger partial charge < -0.3 is 18.7 Å². The minimum absolute atomic E-state index is 0.152. The molecule has 0 atom stereocenters. The number of rotatable bonds is 6. The standard InChI is InChI=1S/C17H16N6O4/c1-10-7-11(22-27-10)16-20-19-15-8-14(25-3)17(21-23(15)16)26-9-12-13(24-2)5-4-6-18-12/h4-8H,9H2,1-3H3. The van der Waals surface area contributed by atoms with Crippen LogP contribution in [0.4, 0.5) is 0 Å². The molecule has 138 valence electrons. The molecule has 10 heteroatoms. The Labute approximate surface area is 153 Å². The second-order valence-corrected chi connectivity index (χ2v) is 5.58. The first kappa shape index (κ1) is 16.8. The van der Waals surface area contributed by atoms with Gasteiger partial charge in [-0.1, -0.05) is 5.16 Å². The Balaban J connectivity index is 1.71. The van der Waals surface area contributed by atoms with E-state index in [1.165, 1.54) is 11.6 Å². The first-order valence-corrected chi connectivity index (χ1v) is 8.04. The zero-order chi connectivity index (χ0) is 18.8. The van der Waals surface area contributed by atoms with Crippen LogP contribution in [-0.4, -0.2) is 44.2 Å². The molecular weight excluding hydrogens is 352 g/mol. The highest BCUT2D eigenvalue weighted by atomic mass is 16.5. The van der Waals surface area contributed by atoms with Crippen molar-refractivity contribution in [2.45, 2.75) is 13.5 Å². The number of methoxy groups -OCH3 is 2. The van der Waals surface area contributed by atoms with E-state index in [-0.39, 0.29) is 12.5 Å². The lowest BCUT2D eigenvalue weighted by Crippen LogP contribution is -2.06. The second-order valence-electron chi connectivity index (χ2n) is 5.58. The molecule has 0 saturated carbocycles. The zero-order valence-electron chi connectivity index (χ0n) is 14.9. The largest absolute Gasteiger partial charge is 0.495 e. The molecule has 0 aliphatic carbocycles. The van der Waals surface area contributed by atoms with Crippen molar-refractivity contribution >= 4 is 5.65 Å². The van der Waals surface area contributed by atoms with Gasteiger partial charge >= 0.3 is 0 Å². The van der Waals surface area contributed by atoms with E-state index in [1.54, 1.807) is 38.4 Å². The summed E-state index contributed by atoms with van der Waals surface area (Å²) in [6, 6.07) is 7.03. The smallest absolute Gasteiger partial charge is 0.275 e. The summed E-state index contributed by atoms with van der Waals surface area (Å²) >= 11 is 0.